The largest absolute Gasteiger partial charge is 0.422 e. The number of benzene rings is 2. The topological polar surface area (TPSA) is 108 Å². The van der Waals surface area contributed by atoms with Crippen LogP contribution in [0.2, 0.25) is 5.02 Å². The van der Waals surface area contributed by atoms with Crippen LogP contribution in [0.4, 0.5) is 0 Å². The number of allylic oxidation sites excluding steroid dienone is 1. The molecule has 1 atom stereocenters. The van der Waals surface area contributed by atoms with Gasteiger partial charge in [0.05, 0.1) is 22.9 Å². The Morgan fingerprint density at radius 3 is 2.48 bits per heavy atom. The fraction of sp³-hybridized carbons (Fsp3) is 0.100. The molecule has 6 nitrogen and oxygen atoms in total. The number of hydrogen-bond acceptors (Lipinski definition) is 4. The van der Waals surface area contributed by atoms with Crippen LogP contribution in [0.25, 0.3) is 5.69 Å². The van der Waals surface area contributed by atoms with Gasteiger partial charge in [0.15, 0.2) is 0 Å². The Hall–Kier alpha value is -3.27. The molecule has 4 rings (SSSR count). The Morgan fingerprint density at radius 2 is 1.81 bits per heavy atom. The van der Waals surface area contributed by atoms with Gasteiger partial charge in [-0.15, -0.1) is 0 Å². The number of aromatic nitrogens is 2. The molecule has 0 saturated heterocycles. The minimum absolute atomic E-state index is 0. The van der Waals surface area contributed by atoms with Crippen LogP contribution in [0.5, 0.6) is 5.88 Å². The second-order valence-corrected chi connectivity index (χ2v) is 6.41. The van der Waals surface area contributed by atoms with E-state index >= 15 is 0 Å². The first kappa shape index (κ1) is 18.5. The molecule has 1 unspecified atom stereocenters. The highest BCUT2D eigenvalue weighted by Crippen LogP contribution is 2.46. The fourth-order valence-corrected chi connectivity index (χ4v) is 3.52. The lowest BCUT2D eigenvalue weighted by Crippen LogP contribution is -2.22. The third-order valence-corrected chi connectivity index (χ3v) is 4.79. The molecule has 0 saturated carbocycles. The van der Waals surface area contributed by atoms with E-state index in [1.54, 1.807) is 10.7 Å². The number of nitriles is 1. The number of nitrogens with zero attached hydrogens (tertiary/aromatic N) is 3. The second-order valence-electron chi connectivity index (χ2n) is 6.00. The zero-order valence-electron chi connectivity index (χ0n) is 14.5. The second kappa shape index (κ2) is 7.16. The van der Waals surface area contributed by atoms with E-state index in [1.165, 1.54) is 0 Å². The lowest BCUT2D eigenvalue weighted by molar-refractivity contribution is 0.367. The smallest absolute Gasteiger partial charge is 0.229 e. The molecule has 2 aromatic carbocycles. The number of halogens is 1. The molecule has 2 heterocycles. The van der Waals surface area contributed by atoms with Crippen molar-refractivity contribution < 1.29 is 10.2 Å². The Balaban J connectivity index is 0.00000210. The maximum Gasteiger partial charge on any atom is 0.229 e. The average Bonchev–Trinajstić information content (AvgIpc) is 2.98. The first-order chi connectivity index (χ1) is 12.6. The first-order valence-electron chi connectivity index (χ1n) is 8.08. The van der Waals surface area contributed by atoms with E-state index in [4.69, 9.17) is 22.1 Å². The Morgan fingerprint density at radius 1 is 1.15 bits per heavy atom. The molecule has 1 aliphatic rings. The van der Waals surface area contributed by atoms with Gasteiger partial charge in [-0.05, 0) is 30.7 Å². The van der Waals surface area contributed by atoms with Gasteiger partial charge in [0, 0.05) is 5.02 Å². The van der Waals surface area contributed by atoms with Gasteiger partial charge in [0.2, 0.25) is 11.8 Å². The SMILES string of the molecule is Cc1nn(-c2ccccc2)c2c1C(c1ccccc1Cl)C(C#N)=C(N)O2.O. The minimum Gasteiger partial charge on any atom is -0.422 e. The van der Waals surface area contributed by atoms with E-state index < -0.39 is 5.92 Å². The van der Waals surface area contributed by atoms with E-state index in [0.717, 1.165) is 22.5 Å². The lowest BCUT2D eigenvalue weighted by atomic mass is 9.84. The van der Waals surface area contributed by atoms with Crippen molar-refractivity contribution in [2.45, 2.75) is 12.8 Å². The molecule has 4 N–H and O–H groups in total. The van der Waals surface area contributed by atoms with Crippen LogP contribution in [-0.4, -0.2) is 15.3 Å². The number of ether oxygens (including phenoxy) is 1. The van der Waals surface area contributed by atoms with E-state index in [1.807, 2.05) is 55.5 Å². The molecule has 136 valence electrons. The molecule has 0 fully saturated rings. The lowest BCUT2D eigenvalue weighted by Gasteiger charge is -2.25. The molecule has 0 amide bonds. The van der Waals surface area contributed by atoms with Crippen molar-refractivity contribution in [3.63, 3.8) is 0 Å². The molecule has 0 aliphatic carbocycles. The van der Waals surface area contributed by atoms with Crippen LogP contribution < -0.4 is 10.5 Å². The van der Waals surface area contributed by atoms with E-state index in [-0.39, 0.29) is 11.4 Å². The van der Waals surface area contributed by atoms with Crippen LogP contribution >= 0.6 is 11.6 Å². The normalized spacial score (nSPS) is 15.4. The Kier molecular flexibility index (Phi) is 4.91. The summed E-state index contributed by atoms with van der Waals surface area (Å²) in [5.74, 6) is 0.159. The number of nitrogens with two attached hydrogens (primary N) is 1. The number of fused-ring (bicyclic) bond motifs is 1. The van der Waals surface area contributed by atoms with Gasteiger partial charge >= 0.3 is 0 Å². The van der Waals surface area contributed by atoms with Crippen LogP contribution in [0, 0.1) is 18.3 Å². The van der Waals surface area contributed by atoms with Gasteiger partial charge in [-0.1, -0.05) is 48.0 Å². The van der Waals surface area contributed by atoms with Crippen molar-refractivity contribution in [3.8, 4) is 17.6 Å². The number of rotatable bonds is 2. The summed E-state index contributed by atoms with van der Waals surface area (Å²) in [5, 5.41) is 14.9. The zero-order valence-corrected chi connectivity index (χ0v) is 15.2. The van der Waals surface area contributed by atoms with E-state index in [0.29, 0.717) is 16.5 Å². The van der Waals surface area contributed by atoms with Crippen molar-refractivity contribution in [3.05, 3.63) is 87.9 Å². The standard InChI is InChI=1S/C20H15ClN4O.H2O/c1-12-17-18(14-9-5-6-10-16(14)21)15(11-22)19(23)26-20(17)25(24-12)13-7-3-2-4-8-13;/h2-10,18H,23H2,1H3;1H2. The van der Waals surface area contributed by atoms with Gasteiger partial charge in [0.1, 0.15) is 11.6 Å². The van der Waals surface area contributed by atoms with Gasteiger partial charge in [-0.25, -0.2) is 4.68 Å². The molecule has 0 bridgehead atoms. The number of hydrogen-bond donors (Lipinski definition) is 1. The summed E-state index contributed by atoms with van der Waals surface area (Å²) in [6.07, 6.45) is 0. The summed E-state index contributed by atoms with van der Waals surface area (Å²) in [5.41, 5.74) is 9.63. The number of para-hydroxylation sites is 1. The molecule has 27 heavy (non-hydrogen) atoms. The highest BCUT2D eigenvalue weighted by atomic mass is 35.5. The average molecular weight is 381 g/mol. The third kappa shape index (κ3) is 2.93. The minimum atomic E-state index is -0.421. The predicted molar refractivity (Wildman–Crippen MR) is 103 cm³/mol. The monoisotopic (exact) mass is 380 g/mol. The van der Waals surface area contributed by atoms with Crippen molar-refractivity contribution in [2.75, 3.05) is 0 Å². The van der Waals surface area contributed by atoms with Crippen molar-refractivity contribution in [2.24, 2.45) is 5.73 Å². The number of aryl methyl sites for hydroxylation is 1. The maximum atomic E-state index is 9.69. The Labute approximate surface area is 161 Å². The summed E-state index contributed by atoms with van der Waals surface area (Å²) >= 11 is 6.43. The molecule has 1 aliphatic heterocycles. The van der Waals surface area contributed by atoms with Crippen molar-refractivity contribution in [1.29, 1.82) is 5.26 Å². The summed E-state index contributed by atoms with van der Waals surface area (Å²) in [6.45, 7) is 1.89. The zero-order chi connectivity index (χ0) is 18.3. The van der Waals surface area contributed by atoms with Crippen LogP contribution in [0.3, 0.4) is 0 Å². The molecule has 0 radical (unpaired) electrons. The van der Waals surface area contributed by atoms with Crippen LogP contribution in [0.1, 0.15) is 22.7 Å². The molecular formula is C20H17ClN4O2. The molecule has 0 spiro atoms. The highest BCUT2D eigenvalue weighted by Gasteiger charge is 2.36. The fourth-order valence-electron chi connectivity index (χ4n) is 3.28. The molecule has 3 aromatic rings. The summed E-state index contributed by atoms with van der Waals surface area (Å²) in [7, 11) is 0. The van der Waals surface area contributed by atoms with Crippen molar-refractivity contribution in [1.82, 2.24) is 9.78 Å². The van der Waals surface area contributed by atoms with Gasteiger partial charge in [-0.3, -0.25) is 0 Å². The molecule has 1 aromatic heterocycles. The van der Waals surface area contributed by atoms with Crippen molar-refractivity contribution >= 4 is 11.6 Å². The van der Waals surface area contributed by atoms with Gasteiger partial charge in [0.25, 0.3) is 0 Å². The summed E-state index contributed by atoms with van der Waals surface area (Å²) in [4.78, 5) is 0. The predicted octanol–water partition coefficient (Wildman–Crippen LogP) is 3.23. The third-order valence-electron chi connectivity index (χ3n) is 4.45. The summed E-state index contributed by atoms with van der Waals surface area (Å²) in [6, 6.07) is 19.3. The molecular weight excluding hydrogens is 364 g/mol. The van der Waals surface area contributed by atoms with Crippen LogP contribution in [0.15, 0.2) is 66.1 Å². The van der Waals surface area contributed by atoms with Gasteiger partial charge < -0.3 is 15.9 Å². The Bertz CT molecular complexity index is 1070. The van der Waals surface area contributed by atoms with Crippen LogP contribution in [-0.2, 0) is 0 Å². The van der Waals surface area contributed by atoms with E-state index in [2.05, 4.69) is 11.2 Å². The quantitative estimate of drug-likeness (QED) is 0.736. The molecule has 7 heteroatoms. The maximum absolute atomic E-state index is 9.69. The van der Waals surface area contributed by atoms with E-state index in [9.17, 15) is 5.26 Å². The summed E-state index contributed by atoms with van der Waals surface area (Å²) < 4.78 is 7.53. The first-order valence-corrected chi connectivity index (χ1v) is 8.46. The highest BCUT2D eigenvalue weighted by molar-refractivity contribution is 6.31. The van der Waals surface area contributed by atoms with Gasteiger partial charge in [-0.2, -0.15) is 10.4 Å².